The third-order valence-corrected chi connectivity index (χ3v) is 20.6. The number of aromatic nitrogens is 2. The predicted octanol–water partition coefficient (Wildman–Crippen LogP) is 14.2. The maximum absolute atomic E-state index is 15.1. The number of ketones is 1. The number of Topliss-reactive ketones (excluding diaryl/α,β-unsaturated/α-hetero) is 1. The summed E-state index contributed by atoms with van der Waals surface area (Å²) in [5.74, 6) is 0.0000274. The number of carbonyl (C=O) groups is 3. The molecule has 2 heterocycles. The van der Waals surface area contributed by atoms with Crippen molar-refractivity contribution in [3.8, 4) is 17.2 Å². The molecule has 446 valence electrons. The Bertz CT molecular complexity index is 2860. The van der Waals surface area contributed by atoms with Gasteiger partial charge in [-0.15, -0.1) is 0 Å². The molecular weight excluding hydrogens is 1050 g/mol. The lowest BCUT2D eigenvalue weighted by molar-refractivity contribution is -0.159. The standard InChI is InChI=1S/C67H92N2O12Si/c1-11-12-13-14-15-16-17-18-19-20-21-22-23-24-25-29-44-77-57-46-49(2)45-51(47-57)63(73)69-59(71)42-43-68(65(69)74)64-62(81-82(9,10)66(4,5)6)61(80-60(72)41-32-50(3)70)58(79-64)48-78-67(52-30-27-26-28-31-52,53-33-37-55(75-7)38-34-53)54-35-39-56(76-8)40-36-54/h26-28,30-31,33-40,42-43,45-47,58,61-62,64H,11-25,29,32,41,44,48H2,1-10H3/t58-,61+,62?,64-/m1/s1. The molecule has 1 unspecified atom stereocenters. The van der Waals surface area contributed by atoms with E-state index in [-0.39, 0.29) is 30.8 Å². The number of unbranched alkanes of at least 4 members (excludes halogenated alkanes) is 15. The van der Waals surface area contributed by atoms with E-state index < -0.39 is 66.6 Å². The zero-order valence-corrected chi connectivity index (χ0v) is 51.6. The van der Waals surface area contributed by atoms with Crippen LogP contribution in [0.15, 0.2) is 119 Å². The minimum atomic E-state index is -2.86. The Morgan fingerprint density at radius 1 is 0.634 bits per heavy atom. The van der Waals surface area contributed by atoms with Crippen LogP contribution in [0.4, 0.5) is 0 Å². The molecule has 0 spiro atoms. The highest BCUT2D eigenvalue weighted by molar-refractivity contribution is 6.74. The highest BCUT2D eigenvalue weighted by Gasteiger charge is 2.54. The Kier molecular flexibility index (Phi) is 25.0. The minimum absolute atomic E-state index is 0.0609. The molecule has 1 fully saturated rings. The number of methoxy groups -OCH3 is 2. The zero-order chi connectivity index (χ0) is 59.3. The van der Waals surface area contributed by atoms with Gasteiger partial charge in [-0.2, -0.15) is 4.57 Å². The first-order valence-corrected chi connectivity index (χ1v) is 32.9. The van der Waals surface area contributed by atoms with E-state index in [1.807, 2.05) is 105 Å². The summed E-state index contributed by atoms with van der Waals surface area (Å²) in [6.45, 7) is 15.9. The second-order valence-electron chi connectivity index (χ2n) is 23.6. The van der Waals surface area contributed by atoms with Gasteiger partial charge in [0.25, 0.3) is 11.5 Å². The Balaban J connectivity index is 1.27. The van der Waals surface area contributed by atoms with Gasteiger partial charge in [-0.1, -0.05) is 179 Å². The van der Waals surface area contributed by atoms with Crippen molar-refractivity contribution in [3.05, 3.63) is 158 Å². The van der Waals surface area contributed by atoms with E-state index in [0.717, 1.165) is 46.6 Å². The van der Waals surface area contributed by atoms with E-state index in [2.05, 4.69) is 27.7 Å². The molecule has 14 nitrogen and oxygen atoms in total. The monoisotopic (exact) mass is 1140 g/mol. The van der Waals surface area contributed by atoms with Crippen LogP contribution in [0.5, 0.6) is 17.2 Å². The molecule has 0 saturated carbocycles. The van der Waals surface area contributed by atoms with Crippen molar-refractivity contribution in [3.63, 3.8) is 0 Å². The molecule has 15 heteroatoms. The average molecular weight is 1150 g/mol. The molecule has 1 aliphatic heterocycles. The third-order valence-electron chi connectivity index (χ3n) is 16.2. The lowest BCUT2D eigenvalue weighted by Crippen LogP contribution is -2.52. The van der Waals surface area contributed by atoms with E-state index in [9.17, 15) is 19.2 Å². The third kappa shape index (κ3) is 17.7. The van der Waals surface area contributed by atoms with Gasteiger partial charge in [0.2, 0.25) is 0 Å². The van der Waals surface area contributed by atoms with Gasteiger partial charge < -0.3 is 37.6 Å². The predicted molar refractivity (Wildman–Crippen MR) is 325 cm³/mol. The smallest absolute Gasteiger partial charge is 0.340 e. The van der Waals surface area contributed by atoms with Gasteiger partial charge >= 0.3 is 11.7 Å². The van der Waals surface area contributed by atoms with Gasteiger partial charge in [-0.05, 0) is 103 Å². The first-order valence-electron chi connectivity index (χ1n) is 30.0. The van der Waals surface area contributed by atoms with E-state index in [4.69, 9.17) is 32.8 Å². The maximum Gasteiger partial charge on any atom is 0.340 e. The fourth-order valence-corrected chi connectivity index (χ4v) is 11.7. The number of esters is 1. The summed E-state index contributed by atoms with van der Waals surface area (Å²) in [4.78, 5) is 69.7. The molecular formula is C67H92N2O12Si. The van der Waals surface area contributed by atoms with E-state index >= 15 is 4.79 Å². The molecule has 4 atom stereocenters. The molecule has 1 saturated heterocycles. The highest BCUT2D eigenvalue weighted by atomic mass is 28.4. The maximum atomic E-state index is 15.1. The van der Waals surface area contributed by atoms with E-state index in [1.54, 1.807) is 26.4 Å². The first kappa shape index (κ1) is 65.0. The van der Waals surface area contributed by atoms with Crippen LogP contribution in [0, 0.1) is 6.92 Å². The molecule has 5 aromatic rings. The summed E-state index contributed by atoms with van der Waals surface area (Å²) in [5.41, 5.74) is -0.131. The normalized spacial score (nSPS) is 16.5. The number of carbonyl (C=O) groups excluding carboxylic acids is 3. The van der Waals surface area contributed by atoms with Crippen molar-refractivity contribution in [2.24, 2.45) is 0 Å². The molecule has 0 bridgehead atoms. The van der Waals surface area contributed by atoms with Crippen molar-refractivity contribution in [1.82, 2.24) is 9.13 Å². The molecule has 1 aliphatic rings. The summed E-state index contributed by atoms with van der Waals surface area (Å²) in [6, 6.07) is 30.9. The minimum Gasteiger partial charge on any atom is -0.497 e. The van der Waals surface area contributed by atoms with Crippen LogP contribution in [-0.4, -0.2) is 80.9 Å². The molecule has 0 N–H and O–H groups in total. The van der Waals surface area contributed by atoms with Crippen molar-refractivity contribution >= 4 is 26.0 Å². The quantitative estimate of drug-likeness (QED) is 0.0166. The number of aryl methyl sites for hydroxylation is 1. The van der Waals surface area contributed by atoms with Crippen LogP contribution in [0.3, 0.4) is 0 Å². The van der Waals surface area contributed by atoms with Crippen LogP contribution in [-0.2, 0) is 33.8 Å². The van der Waals surface area contributed by atoms with Crippen LogP contribution in [0.1, 0.15) is 189 Å². The molecule has 0 aliphatic carbocycles. The average Bonchev–Trinajstić information content (AvgIpc) is 2.67. The topological polar surface area (TPSA) is 160 Å². The summed E-state index contributed by atoms with van der Waals surface area (Å²) >= 11 is 0. The Morgan fingerprint density at radius 3 is 1.67 bits per heavy atom. The van der Waals surface area contributed by atoms with Gasteiger partial charge in [0.05, 0.1) is 33.9 Å². The molecule has 1 aromatic heterocycles. The van der Waals surface area contributed by atoms with Crippen molar-refractivity contribution in [2.75, 3.05) is 27.4 Å². The first-order chi connectivity index (χ1) is 39.3. The summed E-state index contributed by atoms with van der Waals surface area (Å²) in [6.07, 6.45) is 16.4. The second kappa shape index (κ2) is 31.5. The summed E-state index contributed by atoms with van der Waals surface area (Å²) in [5, 5.41) is -0.392. The summed E-state index contributed by atoms with van der Waals surface area (Å²) in [7, 11) is 0.332. The van der Waals surface area contributed by atoms with Crippen molar-refractivity contribution in [2.45, 2.75) is 205 Å². The van der Waals surface area contributed by atoms with Gasteiger partial charge in [0.15, 0.2) is 20.6 Å². The van der Waals surface area contributed by atoms with Gasteiger partial charge in [-0.3, -0.25) is 19.0 Å². The van der Waals surface area contributed by atoms with Crippen LogP contribution in [0.25, 0.3) is 0 Å². The fraction of sp³-hybridized carbons (Fsp3) is 0.537. The van der Waals surface area contributed by atoms with Crippen molar-refractivity contribution in [1.29, 1.82) is 0 Å². The van der Waals surface area contributed by atoms with E-state index in [0.29, 0.717) is 34.0 Å². The number of rotatable bonds is 34. The molecule has 4 aromatic carbocycles. The fourth-order valence-electron chi connectivity index (χ4n) is 10.4. The largest absolute Gasteiger partial charge is 0.497 e. The Labute approximate surface area is 488 Å². The van der Waals surface area contributed by atoms with Crippen molar-refractivity contribution < 1.29 is 47.2 Å². The molecule has 6 rings (SSSR count). The Hall–Kier alpha value is -6.13. The number of benzene rings is 4. The SMILES string of the molecule is CCCCCCCCCCCCCCCCCCOc1cc(C)cc(C(=O)n2c(=O)ccn([C@@H]3O[C@H](COC(c4ccccc4)(c4ccc(OC)cc4)c4ccc(OC)cc4)[C@H](OC(=O)CCC(C)=O)C3O[Si](C)(C)C(C)(C)C)c2=O)c1. The second-order valence-corrected chi connectivity index (χ2v) is 28.3. The summed E-state index contributed by atoms with van der Waals surface area (Å²) < 4.78 is 46.9. The Morgan fingerprint density at radius 2 is 1.16 bits per heavy atom. The van der Waals surface area contributed by atoms with Gasteiger partial charge in [0, 0.05) is 24.2 Å². The molecule has 0 amide bonds. The van der Waals surface area contributed by atoms with Gasteiger partial charge in [0.1, 0.15) is 40.8 Å². The number of ether oxygens (including phenoxy) is 6. The molecule has 0 radical (unpaired) electrons. The van der Waals surface area contributed by atoms with E-state index in [1.165, 1.54) is 96.6 Å². The highest BCUT2D eigenvalue weighted by Crippen LogP contribution is 2.46. The van der Waals surface area contributed by atoms with Crippen LogP contribution in [0.2, 0.25) is 18.1 Å². The lowest BCUT2D eigenvalue weighted by Gasteiger charge is -2.40. The number of nitrogens with zero attached hydrogens (tertiary/aromatic N) is 2. The molecule has 82 heavy (non-hydrogen) atoms. The number of hydrogen-bond acceptors (Lipinski definition) is 12. The van der Waals surface area contributed by atoms with Crippen LogP contribution < -0.4 is 25.5 Å². The number of hydrogen-bond donors (Lipinski definition) is 0. The lowest BCUT2D eigenvalue weighted by atomic mass is 9.80. The zero-order valence-electron chi connectivity index (χ0n) is 50.6. The van der Waals surface area contributed by atoms with Crippen LogP contribution >= 0.6 is 0 Å². The van der Waals surface area contributed by atoms with Gasteiger partial charge in [-0.25, -0.2) is 4.79 Å².